The molecular weight excluding hydrogens is 276 g/mol. The van der Waals surface area contributed by atoms with Gasteiger partial charge in [0.2, 0.25) is 0 Å². The normalized spacial score (nSPS) is 13.9. The average Bonchev–Trinajstić information content (AvgIpc) is 2.75. The molecule has 0 aromatic heterocycles. The predicted molar refractivity (Wildman–Crippen MR) is 85.8 cm³/mol. The molecule has 0 saturated heterocycles. The molecule has 1 heterocycles. The van der Waals surface area contributed by atoms with Crippen LogP contribution >= 0.6 is 0 Å². The molecule has 2 aromatic rings. The molecule has 0 spiro atoms. The SMILES string of the molecule is Cc1ccccc1CN(C)CN1C(=O)C(=O)c2ccccc21. The first kappa shape index (κ1) is 14.5. The largest absolute Gasteiger partial charge is 0.300 e. The number of ketones is 1. The van der Waals surface area contributed by atoms with Crippen LogP contribution in [-0.2, 0) is 11.3 Å². The Hall–Kier alpha value is -2.46. The van der Waals surface area contributed by atoms with Crippen LogP contribution in [0.15, 0.2) is 48.5 Å². The van der Waals surface area contributed by atoms with E-state index in [-0.39, 0.29) is 0 Å². The van der Waals surface area contributed by atoms with Crippen LogP contribution in [0.25, 0.3) is 0 Å². The number of hydrogen-bond donors (Lipinski definition) is 0. The van der Waals surface area contributed by atoms with Crippen molar-refractivity contribution >= 4 is 17.4 Å². The lowest BCUT2D eigenvalue weighted by atomic mass is 10.1. The van der Waals surface area contributed by atoms with Crippen molar-refractivity contribution in [2.24, 2.45) is 0 Å². The third-order valence-electron chi connectivity index (χ3n) is 3.96. The lowest BCUT2D eigenvalue weighted by Gasteiger charge is -2.25. The maximum absolute atomic E-state index is 12.2. The van der Waals surface area contributed by atoms with E-state index >= 15 is 0 Å². The van der Waals surface area contributed by atoms with Crippen LogP contribution in [0, 0.1) is 6.92 Å². The number of nitrogens with zero attached hydrogens (tertiary/aromatic N) is 2. The Kier molecular flexibility index (Phi) is 3.77. The summed E-state index contributed by atoms with van der Waals surface area (Å²) >= 11 is 0. The first-order valence-corrected chi connectivity index (χ1v) is 7.26. The van der Waals surface area contributed by atoms with Gasteiger partial charge in [0.25, 0.3) is 5.78 Å². The van der Waals surface area contributed by atoms with Gasteiger partial charge in [0.05, 0.1) is 17.9 Å². The standard InChI is InChI=1S/C18H18N2O2/c1-13-7-3-4-8-14(13)11-19(2)12-20-16-10-6-5-9-15(16)17(21)18(20)22/h3-10H,11-12H2,1-2H3. The topological polar surface area (TPSA) is 40.6 Å². The molecule has 0 saturated carbocycles. The lowest BCUT2D eigenvalue weighted by molar-refractivity contribution is -0.114. The zero-order valence-corrected chi connectivity index (χ0v) is 12.7. The van der Waals surface area contributed by atoms with E-state index in [0.717, 1.165) is 6.54 Å². The monoisotopic (exact) mass is 294 g/mol. The van der Waals surface area contributed by atoms with E-state index in [9.17, 15) is 9.59 Å². The number of fused-ring (bicyclic) bond motifs is 1. The molecule has 2 aromatic carbocycles. The molecular formula is C18H18N2O2. The Labute approximate surface area is 130 Å². The summed E-state index contributed by atoms with van der Waals surface area (Å²) in [5.74, 6) is -0.863. The van der Waals surface area contributed by atoms with E-state index in [1.807, 2.05) is 36.2 Å². The second-order valence-electron chi connectivity index (χ2n) is 5.66. The van der Waals surface area contributed by atoms with Crippen molar-refractivity contribution in [2.45, 2.75) is 13.5 Å². The summed E-state index contributed by atoms with van der Waals surface area (Å²) in [6, 6.07) is 15.3. The molecule has 0 atom stereocenters. The summed E-state index contributed by atoms with van der Waals surface area (Å²) in [5, 5.41) is 0. The van der Waals surface area contributed by atoms with Crippen molar-refractivity contribution in [1.82, 2.24) is 4.90 Å². The highest BCUT2D eigenvalue weighted by Crippen LogP contribution is 2.28. The zero-order chi connectivity index (χ0) is 15.7. The lowest BCUT2D eigenvalue weighted by Crippen LogP contribution is -2.39. The maximum Gasteiger partial charge on any atom is 0.300 e. The Bertz CT molecular complexity index is 739. The minimum Gasteiger partial charge on any atom is -0.291 e. The molecule has 1 aliphatic heterocycles. The second-order valence-corrected chi connectivity index (χ2v) is 5.66. The minimum absolute atomic E-state index is 0.399. The Morgan fingerprint density at radius 2 is 1.68 bits per heavy atom. The van der Waals surface area contributed by atoms with Gasteiger partial charge in [-0.1, -0.05) is 36.4 Å². The van der Waals surface area contributed by atoms with Crippen LogP contribution in [0.2, 0.25) is 0 Å². The van der Waals surface area contributed by atoms with Crippen molar-refractivity contribution in [3.05, 3.63) is 65.2 Å². The number of rotatable bonds is 4. The van der Waals surface area contributed by atoms with Gasteiger partial charge in [-0.25, -0.2) is 0 Å². The third kappa shape index (κ3) is 2.53. The molecule has 0 radical (unpaired) electrons. The number of para-hydroxylation sites is 1. The van der Waals surface area contributed by atoms with Crippen molar-refractivity contribution in [3.63, 3.8) is 0 Å². The van der Waals surface area contributed by atoms with Gasteiger partial charge in [0.15, 0.2) is 0 Å². The van der Waals surface area contributed by atoms with E-state index in [1.54, 1.807) is 17.0 Å². The zero-order valence-electron chi connectivity index (χ0n) is 12.7. The first-order valence-electron chi connectivity index (χ1n) is 7.26. The summed E-state index contributed by atoms with van der Waals surface area (Å²) in [5.41, 5.74) is 3.64. The fourth-order valence-corrected chi connectivity index (χ4v) is 2.76. The highest BCUT2D eigenvalue weighted by atomic mass is 16.2. The van der Waals surface area contributed by atoms with Crippen LogP contribution in [0.5, 0.6) is 0 Å². The van der Waals surface area contributed by atoms with Gasteiger partial charge in [-0.05, 0) is 37.2 Å². The first-order chi connectivity index (χ1) is 10.6. The quantitative estimate of drug-likeness (QED) is 0.814. The van der Waals surface area contributed by atoms with Gasteiger partial charge in [0, 0.05) is 6.54 Å². The van der Waals surface area contributed by atoms with Crippen molar-refractivity contribution in [2.75, 3.05) is 18.6 Å². The second kappa shape index (κ2) is 5.73. The van der Waals surface area contributed by atoms with E-state index in [4.69, 9.17) is 0 Å². The number of hydrogen-bond acceptors (Lipinski definition) is 3. The number of Topliss-reactive ketones (excluding diaryl/α,β-unsaturated/α-hetero) is 1. The molecule has 3 rings (SSSR count). The summed E-state index contributed by atoms with van der Waals surface area (Å²) in [4.78, 5) is 27.7. The molecule has 1 amide bonds. The van der Waals surface area contributed by atoms with Crippen LogP contribution < -0.4 is 4.90 Å². The van der Waals surface area contributed by atoms with Crippen molar-refractivity contribution in [1.29, 1.82) is 0 Å². The number of carbonyl (C=O) groups excluding carboxylic acids is 2. The molecule has 4 nitrogen and oxygen atoms in total. The summed E-state index contributed by atoms with van der Waals surface area (Å²) in [7, 11) is 1.95. The molecule has 22 heavy (non-hydrogen) atoms. The number of carbonyl (C=O) groups is 2. The molecule has 0 unspecified atom stereocenters. The molecule has 0 bridgehead atoms. The van der Waals surface area contributed by atoms with Gasteiger partial charge >= 0.3 is 5.91 Å². The number of amides is 1. The third-order valence-corrected chi connectivity index (χ3v) is 3.96. The predicted octanol–water partition coefficient (Wildman–Crippen LogP) is 2.61. The van der Waals surface area contributed by atoms with E-state index in [2.05, 4.69) is 19.1 Å². The number of aryl methyl sites for hydroxylation is 1. The van der Waals surface area contributed by atoms with Gasteiger partial charge in [0.1, 0.15) is 0 Å². The molecule has 112 valence electrons. The summed E-state index contributed by atoms with van der Waals surface area (Å²) in [6.45, 7) is 3.20. The van der Waals surface area contributed by atoms with Crippen molar-refractivity contribution in [3.8, 4) is 0 Å². The highest BCUT2D eigenvalue weighted by molar-refractivity contribution is 6.52. The van der Waals surface area contributed by atoms with Crippen LogP contribution in [0.4, 0.5) is 5.69 Å². The molecule has 4 heteroatoms. The Balaban J connectivity index is 1.77. The van der Waals surface area contributed by atoms with Crippen LogP contribution in [-0.4, -0.2) is 30.3 Å². The maximum atomic E-state index is 12.2. The average molecular weight is 294 g/mol. The summed E-state index contributed by atoms with van der Waals surface area (Å²) in [6.07, 6.45) is 0. The van der Waals surface area contributed by atoms with E-state index < -0.39 is 11.7 Å². The van der Waals surface area contributed by atoms with E-state index in [0.29, 0.717) is 17.9 Å². The summed E-state index contributed by atoms with van der Waals surface area (Å²) < 4.78 is 0. The molecule has 0 fully saturated rings. The van der Waals surface area contributed by atoms with Gasteiger partial charge in [-0.2, -0.15) is 0 Å². The Morgan fingerprint density at radius 3 is 2.45 bits per heavy atom. The Morgan fingerprint density at radius 1 is 1.00 bits per heavy atom. The number of benzene rings is 2. The molecule has 0 N–H and O–H groups in total. The molecule has 0 aliphatic carbocycles. The smallest absolute Gasteiger partial charge is 0.291 e. The number of anilines is 1. The molecule has 1 aliphatic rings. The van der Waals surface area contributed by atoms with Crippen LogP contribution in [0.1, 0.15) is 21.5 Å². The van der Waals surface area contributed by atoms with Crippen LogP contribution in [0.3, 0.4) is 0 Å². The fraction of sp³-hybridized carbons (Fsp3) is 0.222. The fourth-order valence-electron chi connectivity index (χ4n) is 2.76. The minimum atomic E-state index is -0.446. The van der Waals surface area contributed by atoms with Gasteiger partial charge in [-0.15, -0.1) is 0 Å². The van der Waals surface area contributed by atoms with Crippen molar-refractivity contribution < 1.29 is 9.59 Å². The van der Waals surface area contributed by atoms with E-state index in [1.165, 1.54) is 11.1 Å². The van der Waals surface area contributed by atoms with Gasteiger partial charge in [-0.3, -0.25) is 19.4 Å². The highest BCUT2D eigenvalue weighted by Gasteiger charge is 2.35. The van der Waals surface area contributed by atoms with Gasteiger partial charge < -0.3 is 0 Å².